The van der Waals surface area contributed by atoms with Crippen LogP contribution in [0.2, 0.25) is 0 Å². The number of anilines is 1. The second-order valence-electron chi connectivity index (χ2n) is 5.28. The van der Waals surface area contributed by atoms with E-state index in [4.69, 9.17) is 0 Å². The van der Waals surface area contributed by atoms with E-state index in [-0.39, 0.29) is 18.7 Å². The number of carbonyl (C=O) groups excluding carboxylic acids is 2. The molecule has 2 N–H and O–H groups in total. The lowest BCUT2D eigenvalue weighted by Gasteiger charge is -2.16. The number of rotatable bonds is 5. The highest BCUT2D eigenvalue weighted by molar-refractivity contribution is 6.01. The van der Waals surface area contributed by atoms with Gasteiger partial charge in [-0.25, -0.2) is 13.6 Å². The fourth-order valence-electron chi connectivity index (χ4n) is 2.09. The maximum Gasteiger partial charge on any atom is 0.325 e. The Morgan fingerprint density at radius 3 is 2.46 bits per heavy atom. The van der Waals surface area contributed by atoms with Gasteiger partial charge in [0.2, 0.25) is 5.91 Å². The van der Waals surface area contributed by atoms with E-state index < -0.39 is 23.6 Å². The molecule has 0 aliphatic heterocycles. The third kappa shape index (κ3) is 5.44. The van der Waals surface area contributed by atoms with Crippen LogP contribution in [0.25, 0.3) is 0 Å². The van der Waals surface area contributed by atoms with Crippen molar-refractivity contribution in [1.82, 2.24) is 10.2 Å². The minimum atomic E-state index is -0.677. The van der Waals surface area contributed by atoms with Crippen LogP contribution in [-0.2, 0) is 11.3 Å². The van der Waals surface area contributed by atoms with Gasteiger partial charge < -0.3 is 5.32 Å². The van der Waals surface area contributed by atoms with E-state index in [1.165, 1.54) is 11.0 Å². The molecule has 0 aromatic heterocycles. The number of imide groups is 1. The maximum atomic E-state index is 13.6. The first-order chi connectivity index (χ1) is 11.4. The average Bonchev–Trinajstić information content (AvgIpc) is 2.50. The summed E-state index contributed by atoms with van der Waals surface area (Å²) >= 11 is 0. The van der Waals surface area contributed by atoms with Crippen molar-refractivity contribution in [3.8, 4) is 0 Å². The smallest absolute Gasteiger partial charge is 0.308 e. The van der Waals surface area contributed by atoms with E-state index in [1.807, 2.05) is 0 Å². The molecule has 0 saturated carbocycles. The lowest BCUT2D eigenvalue weighted by Crippen LogP contribution is -2.40. The highest BCUT2D eigenvalue weighted by Gasteiger charge is 2.13. The van der Waals surface area contributed by atoms with Gasteiger partial charge >= 0.3 is 6.03 Å². The minimum absolute atomic E-state index is 0.111. The number of amides is 3. The zero-order valence-corrected chi connectivity index (χ0v) is 13.1. The van der Waals surface area contributed by atoms with Crippen molar-refractivity contribution in [2.75, 3.05) is 18.9 Å². The number of halogens is 2. The first kappa shape index (κ1) is 17.6. The van der Waals surface area contributed by atoms with Crippen LogP contribution in [-0.4, -0.2) is 30.4 Å². The summed E-state index contributed by atoms with van der Waals surface area (Å²) in [6, 6.07) is 11.3. The topological polar surface area (TPSA) is 61.4 Å². The van der Waals surface area contributed by atoms with Crippen molar-refractivity contribution in [2.24, 2.45) is 0 Å². The summed E-state index contributed by atoms with van der Waals surface area (Å²) in [6.07, 6.45) is 0. The summed E-state index contributed by atoms with van der Waals surface area (Å²) in [5.74, 6) is -1.87. The second-order valence-corrected chi connectivity index (χ2v) is 5.28. The molecule has 24 heavy (non-hydrogen) atoms. The molecule has 0 saturated heterocycles. The quantitative estimate of drug-likeness (QED) is 0.884. The van der Waals surface area contributed by atoms with Crippen LogP contribution < -0.4 is 10.6 Å². The molecule has 0 aliphatic rings. The highest BCUT2D eigenvalue weighted by Crippen LogP contribution is 2.11. The van der Waals surface area contributed by atoms with E-state index in [0.717, 1.165) is 12.1 Å². The number of benzene rings is 2. The summed E-state index contributed by atoms with van der Waals surface area (Å²) in [6.45, 7) is -0.00113. The Bertz CT molecular complexity index is 723. The Kier molecular flexibility index (Phi) is 5.97. The third-order valence-electron chi connectivity index (χ3n) is 3.15. The Hall–Kier alpha value is -2.80. The molecule has 0 aliphatic carbocycles. The number of likely N-dealkylation sites (N-methyl/N-ethyl adjacent to an activating group) is 1. The number of hydrogen-bond donors (Lipinski definition) is 2. The predicted octanol–water partition coefficient (Wildman–Crippen LogP) is 2.74. The van der Waals surface area contributed by atoms with E-state index in [9.17, 15) is 18.4 Å². The van der Waals surface area contributed by atoms with Crippen molar-refractivity contribution in [2.45, 2.75) is 6.54 Å². The van der Waals surface area contributed by atoms with Gasteiger partial charge in [0.05, 0.1) is 6.54 Å². The molecule has 7 heteroatoms. The van der Waals surface area contributed by atoms with E-state index in [1.54, 1.807) is 37.4 Å². The highest BCUT2D eigenvalue weighted by atomic mass is 19.1. The third-order valence-corrected chi connectivity index (χ3v) is 3.15. The SMILES string of the molecule is CN(CC(=O)NC(=O)Nc1ccccc1)Cc1ccc(F)cc1F. The normalized spacial score (nSPS) is 10.5. The van der Waals surface area contributed by atoms with Crippen molar-refractivity contribution in [3.63, 3.8) is 0 Å². The monoisotopic (exact) mass is 333 g/mol. The lowest BCUT2D eigenvalue weighted by atomic mass is 10.2. The molecule has 0 heterocycles. The summed E-state index contributed by atoms with van der Waals surface area (Å²) in [7, 11) is 1.59. The largest absolute Gasteiger partial charge is 0.325 e. The number of nitrogens with zero attached hydrogens (tertiary/aromatic N) is 1. The van der Waals surface area contributed by atoms with Gasteiger partial charge in [0.25, 0.3) is 0 Å². The first-order valence-corrected chi connectivity index (χ1v) is 7.22. The van der Waals surface area contributed by atoms with Crippen LogP contribution in [0.4, 0.5) is 19.3 Å². The Morgan fingerprint density at radius 1 is 1.08 bits per heavy atom. The Morgan fingerprint density at radius 2 is 1.79 bits per heavy atom. The molecule has 0 atom stereocenters. The number of hydrogen-bond acceptors (Lipinski definition) is 3. The summed E-state index contributed by atoms with van der Waals surface area (Å²) in [4.78, 5) is 25.0. The molecule has 0 spiro atoms. The molecular weight excluding hydrogens is 316 g/mol. The van der Waals surface area contributed by atoms with Gasteiger partial charge in [-0.2, -0.15) is 0 Å². The van der Waals surface area contributed by atoms with Gasteiger partial charge in [-0.15, -0.1) is 0 Å². The molecular formula is C17H17F2N3O2. The van der Waals surface area contributed by atoms with Gasteiger partial charge in [0, 0.05) is 23.9 Å². The van der Waals surface area contributed by atoms with Crippen molar-refractivity contribution >= 4 is 17.6 Å². The zero-order valence-electron chi connectivity index (χ0n) is 13.1. The first-order valence-electron chi connectivity index (χ1n) is 7.22. The number of para-hydroxylation sites is 1. The van der Waals surface area contributed by atoms with Crippen molar-refractivity contribution < 1.29 is 18.4 Å². The van der Waals surface area contributed by atoms with Crippen LogP contribution in [0, 0.1) is 11.6 Å². The Labute approximate surface area is 138 Å². The number of carbonyl (C=O) groups is 2. The van der Waals surface area contributed by atoms with E-state index >= 15 is 0 Å². The molecule has 0 unspecified atom stereocenters. The van der Waals surface area contributed by atoms with Gasteiger partial charge in [-0.3, -0.25) is 15.0 Å². The molecule has 2 aromatic rings. The van der Waals surface area contributed by atoms with Gasteiger partial charge in [-0.1, -0.05) is 24.3 Å². The van der Waals surface area contributed by atoms with Gasteiger partial charge in [0.15, 0.2) is 0 Å². The zero-order chi connectivity index (χ0) is 17.5. The van der Waals surface area contributed by atoms with Crippen LogP contribution >= 0.6 is 0 Å². The van der Waals surface area contributed by atoms with Crippen LogP contribution in [0.1, 0.15) is 5.56 Å². The molecule has 2 aromatic carbocycles. The second kappa shape index (κ2) is 8.16. The fourth-order valence-corrected chi connectivity index (χ4v) is 2.09. The molecule has 126 valence electrons. The van der Waals surface area contributed by atoms with Crippen LogP contribution in [0.5, 0.6) is 0 Å². The fraction of sp³-hybridized carbons (Fsp3) is 0.176. The maximum absolute atomic E-state index is 13.6. The summed E-state index contributed by atoms with van der Waals surface area (Å²) in [5.41, 5.74) is 0.824. The van der Waals surface area contributed by atoms with E-state index in [0.29, 0.717) is 5.69 Å². The van der Waals surface area contributed by atoms with E-state index in [2.05, 4.69) is 10.6 Å². The lowest BCUT2D eigenvalue weighted by molar-refractivity contribution is -0.120. The summed E-state index contributed by atoms with van der Waals surface area (Å²) < 4.78 is 26.4. The Balaban J connectivity index is 1.82. The van der Waals surface area contributed by atoms with Gasteiger partial charge in [0.1, 0.15) is 11.6 Å². The van der Waals surface area contributed by atoms with Gasteiger partial charge in [-0.05, 0) is 25.2 Å². The molecule has 0 radical (unpaired) electrons. The van der Waals surface area contributed by atoms with Crippen molar-refractivity contribution in [1.29, 1.82) is 0 Å². The van der Waals surface area contributed by atoms with Crippen molar-refractivity contribution in [3.05, 3.63) is 65.7 Å². The van der Waals surface area contributed by atoms with Crippen LogP contribution in [0.15, 0.2) is 48.5 Å². The number of urea groups is 1. The number of nitrogens with one attached hydrogen (secondary N) is 2. The molecule has 5 nitrogen and oxygen atoms in total. The summed E-state index contributed by atoms with van der Waals surface area (Å²) in [5, 5.41) is 4.70. The molecule has 0 bridgehead atoms. The molecule has 0 fully saturated rings. The standard InChI is InChI=1S/C17H17F2N3O2/c1-22(10-12-7-8-13(18)9-15(12)19)11-16(23)21-17(24)20-14-5-3-2-4-6-14/h2-9H,10-11H2,1H3,(H2,20,21,23,24). The molecule has 2 rings (SSSR count). The predicted molar refractivity (Wildman–Crippen MR) is 86.3 cm³/mol. The van der Waals surface area contributed by atoms with Crippen LogP contribution in [0.3, 0.4) is 0 Å². The average molecular weight is 333 g/mol. The molecule has 3 amide bonds. The minimum Gasteiger partial charge on any atom is -0.308 e.